The molecule has 0 aliphatic rings. The van der Waals surface area contributed by atoms with Gasteiger partial charge in [-0.1, -0.05) is 29.2 Å². The second-order valence-corrected chi connectivity index (χ2v) is 6.82. The molecule has 0 aliphatic heterocycles. The first kappa shape index (κ1) is 14.3. The average molecular weight is 314 g/mol. The summed E-state index contributed by atoms with van der Waals surface area (Å²) in [6, 6.07) is 4.18. The molecule has 0 saturated heterocycles. The molecule has 0 radical (unpaired) electrons. The Morgan fingerprint density at radius 2 is 2.37 bits per heavy atom. The molecule has 2 aromatic heterocycles. The second kappa shape index (κ2) is 7.46. The van der Waals surface area contributed by atoms with Crippen LogP contribution in [-0.2, 0) is 11.2 Å². The van der Waals surface area contributed by atoms with Crippen LogP contribution in [0.3, 0.4) is 0 Å². The zero-order chi connectivity index (χ0) is 13.5. The Bertz CT molecular complexity index is 512. The molecule has 0 unspecified atom stereocenters. The summed E-state index contributed by atoms with van der Waals surface area (Å²) in [7, 11) is 1.63. The molecule has 19 heavy (non-hydrogen) atoms. The van der Waals surface area contributed by atoms with Gasteiger partial charge >= 0.3 is 0 Å². The molecule has 2 N–H and O–H groups in total. The Labute approximate surface area is 123 Å². The monoisotopic (exact) mass is 314 g/mol. The van der Waals surface area contributed by atoms with Crippen molar-refractivity contribution in [1.29, 1.82) is 0 Å². The summed E-state index contributed by atoms with van der Waals surface area (Å²) in [6.45, 7) is 0.843. The smallest absolute Gasteiger partial charge is 0.230 e. The van der Waals surface area contributed by atoms with Crippen molar-refractivity contribution in [3.63, 3.8) is 0 Å². The third-order valence-corrected chi connectivity index (χ3v) is 5.19. The lowest BCUT2D eigenvalue weighted by atomic mass is 10.3. The van der Waals surface area contributed by atoms with Crippen LogP contribution in [0.15, 0.2) is 21.9 Å². The summed E-state index contributed by atoms with van der Waals surface area (Å²) < 4.78 is 0.808. The summed E-state index contributed by atoms with van der Waals surface area (Å²) in [6.07, 6.45) is 0.984. The third-order valence-electron chi connectivity index (χ3n) is 2.24. The Balaban J connectivity index is 1.73. The van der Waals surface area contributed by atoms with Crippen LogP contribution in [0, 0.1) is 0 Å². The van der Waals surface area contributed by atoms with Gasteiger partial charge in [-0.15, -0.1) is 21.5 Å². The molecule has 5 nitrogen and oxygen atoms in total. The zero-order valence-electron chi connectivity index (χ0n) is 10.4. The molecule has 8 heteroatoms. The van der Waals surface area contributed by atoms with E-state index < -0.39 is 0 Å². The highest BCUT2D eigenvalue weighted by molar-refractivity contribution is 8.01. The molecule has 0 spiro atoms. The fourth-order valence-corrected chi connectivity index (χ4v) is 3.65. The van der Waals surface area contributed by atoms with Crippen molar-refractivity contribution in [1.82, 2.24) is 15.5 Å². The Hall–Kier alpha value is -1.12. The number of anilines is 1. The normalized spacial score (nSPS) is 10.4. The standard InChI is InChI=1S/C11H14N4OS3/c1-12-9(16)7-18-11-15-14-10(19-11)13-5-4-8-3-2-6-17-8/h2-3,6H,4-5,7H2,1H3,(H,12,16)(H,13,14). The molecule has 0 saturated carbocycles. The van der Waals surface area contributed by atoms with Crippen LogP contribution in [0.25, 0.3) is 0 Å². The molecule has 2 aromatic rings. The van der Waals surface area contributed by atoms with Crippen molar-refractivity contribution in [3.05, 3.63) is 22.4 Å². The van der Waals surface area contributed by atoms with E-state index in [1.165, 1.54) is 28.0 Å². The van der Waals surface area contributed by atoms with Crippen LogP contribution in [0.2, 0.25) is 0 Å². The fraction of sp³-hybridized carbons (Fsp3) is 0.364. The van der Waals surface area contributed by atoms with E-state index >= 15 is 0 Å². The van der Waals surface area contributed by atoms with Crippen LogP contribution >= 0.6 is 34.4 Å². The number of amides is 1. The van der Waals surface area contributed by atoms with Crippen molar-refractivity contribution < 1.29 is 4.79 Å². The number of hydrogen-bond donors (Lipinski definition) is 2. The summed E-state index contributed by atoms with van der Waals surface area (Å²) in [5.74, 6) is 0.368. The van der Waals surface area contributed by atoms with Gasteiger partial charge in [0.25, 0.3) is 0 Å². The van der Waals surface area contributed by atoms with E-state index in [0.29, 0.717) is 5.75 Å². The number of carbonyl (C=O) groups is 1. The van der Waals surface area contributed by atoms with Crippen LogP contribution in [0.1, 0.15) is 4.88 Å². The number of thiophene rings is 1. The highest BCUT2D eigenvalue weighted by Crippen LogP contribution is 2.25. The SMILES string of the molecule is CNC(=O)CSc1nnc(NCCc2cccs2)s1. The molecule has 0 fully saturated rings. The van der Waals surface area contributed by atoms with E-state index in [4.69, 9.17) is 0 Å². The fourth-order valence-electron chi connectivity index (χ4n) is 1.29. The highest BCUT2D eigenvalue weighted by atomic mass is 32.2. The van der Waals surface area contributed by atoms with Crippen LogP contribution in [0.4, 0.5) is 5.13 Å². The second-order valence-electron chi connectivity index (χ2n) is 3.59. The molecular formula is C11H14N4OS3. The van der Waals surface area contributed by atoms with Crippen molar-refractivity contribution in [2.75, 3.05) is 24.7 Å². The van der Waals surface area contributed by atoms with Gasteiger partial charge in [0, 0.05) is 18.5 Å². The topological polar surface area (TPSA) is 66.9 Å². The van der Waals surface area contributed by atoms with Gasteiger partial charge < -0.3 is 10.6 Å². The number of carbonyl (C=O) groups excluding carboxylic acids is 1. The lowest BCUT2D eigenvalue weighted by molar-refractivity contribution is -0.118. The third kappa shape index (κ3) is 4.81. The van der Waals surface area contributed by atoms with Crippen molar-refractivity contribution in [2.24, 2.45) is 0 Å². The van der Waals surface area contributed by atoms with Gasteiger partial charge in [0.15, 0.2) is 4.34 Å². The van der Waals surface area contributed by atoms with Gasteiger partial charge in [-0.05, 0) is 17.9 Å². The summed E-state index contributed by atoms with van der Waals surface area (Å²) in [5, 5.41) is 16.8. The lowest BCUT2D eigenvalue weighted by Crippen LogP contribution is -2.19. The molecular weight excluding hydrogens is 300 g/mol. The Morgan fingerprint density at radius 3 is 3.11 bits per heavy atom. The van der Waals surface area contributed by atoms with E-state index in [1.807, 2.05) is 0 Å². The van der Waals surface area contributed by atoms with Crippen LogP contribution in [-0.4, -0.2) is 35.4 Å². The maximum absolute atomic E-state index is 11.1. The summed E-state index contributed by atoms with van der Waals surface area (Å²) in [5.41, 5.74) is 0. The molecule has 0 bridgehead atoms. The lowest BCUT2D eigenvalue weighted by Gasteiger charge is -1.99. The number of nitrogens with one attached hydrogen (secondary N) is 2. The van der Waals surface area contributed by atoms with Crippen molar-refractivity contribution in [2.45, 2.75) is 10.8 Å². The van der Waals surface area contributed by atoms with Crippen LogP contribution < -0.4 is 10.6 Å². The molecule has 2 heterocycles. The van der Waals surface area contributed by atoms with E-state index in [2.05, 4.69) is 38.3 Å². The number of hydrogen-bond acceptors (Lipinski definition) is 7. The van der Waals surface area contributed by atoms with Crippen LogP contribution in [0.5, 0.6) is 0 Å². The molecule has 0 aromatic carbocycles. The molecule has 1 amide bonds. The maximum atomic E-state index is 11.1. The first-order chi connectivity index (χ1) is 9.28. The van der Waals surface area contributed by atoms with Gasteiger partial charge in [-0.2, -0.15) is 0 Å². The van der Waals surface area contributed by atoms with Gasteiger partial charge in [0.1, 0.15) is 0 Å². The summed E-state index contributed by atoms with van der Waals surface area (Å²) in [4.78, 5) is 12.5. The van der Waals surface area contributed by atoms with E-state index in [1.54, 1.807) is 18.4 Å². The number of thioether (sulfide) groups is 1. The minimum atomic E-state index is -0.00703. The van der Waals surface area contributed by atoms with Crippen molar-refractivity contribution >= 4 is 45.5 Å². The zero-order valence-corrected chi connectivity index (χ0v) is 12.8. The van der Waals surface area contributed by atoms with E-state index in [0.717, 1.165) is 22.4 Å². The Morgan fingerprint density at radius 1 is 1.47 bits per heavy atom. The maximum Gasteiger partial charge on any atom is 0.230 e. The summed E-state index contributed by atoms with van der Waals surface area (Å²) >= 11 is 4.63. The number of rotatable bonds is 7. The minimum Gasteiger partial charge on any atom is -0.360 e. The molecule has 2 rings (SSSR count). The largest absolute Gasteiger partial charge is 0.360 e. The molecule has 102 valence electrons. The molecule has 0 atom stereocenters. The Kier molecular flexibility index (Phi) is 5.62. The van der Waals surface area contributed by atoms with Gasteiger partial charge in [-0.25, -0.2) is 0 Å². The predicted molar refractivity (Wildman–Crippen MR) is 81.2 cm³/mol. The van der Waals surface area contributed by atoms with E-state index in [9.17, 15) is 4.79 Å². The minimum absolute atomic E-state index is 0.00703. The average Bonchev–Trinajstić information content (AvgIpc) is 3.07. The first-order valence-corrected chi connectivity index (χ1v) is 8.39. The molecule has 0 aliphatic carbocycles. The van der Waals surface area contributed by atoms with Gasteiger partial charge in [0.2, 0.25) is 11.0 Å². The quantitative estimate of drug-likeness (QED) is 0.766. The van der Waals surface area contributed by atoms with Crippen molar-refractivity contribution in [3.8, 4) is 0 Å². The van der Waals surface area contributed by atoms with E-state index in [-0.39, 0.29) is 5.91 Å². The number of nitrogens with zero attached hydrogens (tertiary/aromatic N) is 2. The van der Waals surface area contributed by atoms with Gasteiger partial charge in [0.05, 0.1) is 5.75 Å². The predicted octanol–water partition coefficient (Wildman–Crippen LogP) is 2.09. The highest BCUT2D eigenvalue weighted by Gasteiger charge is 2.06. The number of aromatic nitrogens is 2. The van der Waals surface area contributed by atoms with Gasteiger partial charge in [-0.3, -0.25) is 4.79 Å². The first-order valence-electron chi connectivity index (χ1n) is 5.71.